The van der Waals surface area contributed by atoms with Crippen molar-refractivity contribution in [2.24, 2.45) is 5.92 Å². The van der Waals surface area contributed by atoms with Gasteiger partial charge in [0.05, 0.1) is 12.2 Å². The molecule has 2 rings (SSSR count). The molecule has 0 amide bonds. The van der Waals surface area contributed by atoms with Gasteiger partial charge >= 0.3 is 9.28 Å². The van der Waals surface area contributed by atoms with Gasteiger partial charge in [-0.3, -0.25) is 0 Å². The number of hydrogen-bond acceptors (Lipinski definition) is 3. The zero-order chi connectivity index (χ0) is 10.7. The van der Waals surface area contributed by atoms with Gasteiger partial charge < -0.3 is 13.6 Å². The lowest BCUT2D eigenvalue weighted by Crippen LogP contribution is -2.21. The van der Waals surface area contributed by atoms with Crippen LogP contribution in [0.1, 0.15) is 32.6 Å². The zero-order valence-electron chi connectivity index (χ0n) is 9.78. The normalized spacial score (nSPS) is 36.0. The van der Waals surface area contributed by atoms with Crippen LogP contribution in [0.5, 0.6) is 0 Å². The Hall–Kier alpha value is 0.0969. The molecule has 3 nitrogen and oxygen atoms in total. The van der Waals surface area contributed by atoms with Gasteiger partial charge in [0.1, 0.15) is 0 Å². The number of epoxide rings is 1. The molecule has 2 fully saturated rings. The molecule has 0 aromatic rings. The largest absolute Gasteiger partial charge is 0.397 e. The second-order valence-electron chi connectivity index (χ2n) is 4.57. The second kappa shape index (κ2) is 5.43. The summed E-state index contributed by atoms with van der Waals surface area (Å²) < 4.78 is 16.7. The molecule has 1 saturated carbocycles. The maximum absolute atomic E-state index is 5.71. The highest BCUT2D eigenvalue weighted by atomic mass is 28.3. The van der Waals surface area contributed by atoms with E-state index in [-0.39, 0.29) is 0 Å². The van der Waals surface area contributed by atoms with Gasteiger partial charge in [-0.25, -0.2) is 0 Å². The quantitative estimate of drug-likeness (QED) is 0.515. The molecule has 4 unspecified atom stereocenters. The molecule has 2 aliphatic rings. The number of hydrogen-bond donors (Lipinski definition) is 0. The molecule has 1 saturated heterocycles. The van der Waals surface area contributed by atoms with Crippen LogP contribution < -0.4 is 0 Å². The molecule has 0 bridgehead atoms. The van der Waals surface area contributed by atoms with Crippen LogP contribution in [0.4, 0.5) is 0 Å². The summed E-state index contributed by atoms with van der Waals surface area (Å²) in [6.07, 6.45) is 6.28. The predicted molar refractivity (Wildman–Crippen MR) is 61.2 cm³/mol. The number of rotatable bonds is 6. The van der Waals surface area contributed by atoms with Crippen molar-refractivity contribution >= 4 is 9.28 Å². The fourth-order valence-corrected chi connectivity index (χ4v) is 3.47. The minimum absolute atomic E-state index is 0.602. The Kier molecular flexibility index (Phi) is 4.19. The Bertz CT molecular complexity index is 200. The van der Waals surface area contributed by atoms with E-state index in [1.54, 1.807) is 0 Å². The summed E-state index contributed by atoms with van der Waals surface area (Å²) in [5.74, 6) is 0.830. The van der Waals surface area contributed by atoms with Crippen molar-refractivity contribution in [3.8, 4) is 0 Å². The van der Waals surface area contributed by atoms with Crippen molar-refractivity contribution in [3.05, 3.63) is 0 Å². The first-order valence-electron chi connectivity index (χ1n) is 6.18. The SMILES string of the molecule is CCO[SiH](C)OCCC1CCC2OC2C1. The molecule has 1 heterocycles. The summed E-state index contributed by atoms with van der Waals surface area (Å²) >= 11 is 0. The minimum atomic E-state index is -1.31. The van der Waals surface area contributed by atoms with Crippen LogP contribution in [0.15, 0.2) is 0 Å². The molecule has 4 atom stereocenters. The second-order valence-corrected chi connectivity index (χ2v) is 6.38. The van der Waals surface area contributed by atoms with E-state index in [0.29, 0.717) is 12.2 Å². The van der Waals surface area contributed by atoms with Crippen LogP contribution in [-0.4, -0.2) is 34.7 Å². The van der Waals surface area contributed by atoms with E-state index in [4.69, 9.17) is 13.6 Å². The molecule has 1 aliphatic heterocycles. The van der Waals surface area contributed by atoms with Crippen molar-refractivity contribution < 1.29 is 13.6 Å². The van der Waals surface area contributed by atoms with E-state index < -0.39 is 9.28 Å². The van der Waals surface area contributed by atoms with Crippen molar-refractivity contribution in [3.63, 3.8) is 0 Å². The highest BCUT2D eigenvalue weighted by Gasteiger charge is 2.43. The summed E-state index contributed by atoms with van der Waals surface area (Å²) in [7, 11) is -1.31. The maximum Gasteiger partial charge on any atom is 0.318 e. The molecule has 88 valence electrons. The van der Waals surface area contributed by atoms with Crippen molar-refractivity contribution in [2.45, 2.75) is 51.4 Å². The van der Waals surface area contributed by atoms with Crippen molar-refractivity contribution in [1.82, 2.24) is 0 Å². The van der Waals surface area contributed by atoms with Gasteiger partial charge in [0.25, 0.3) is 0 Å². The van der Waals surface area contributed by atoms with Gasteiger partial charge in [0.15, 0.2) is 0 Å². The molecule has 0 spiro atoms. The lowest BCUT2D eigenvalue weighted by Gasteiger charge is -2.19. The first kappa shape index (κ1) is 11.6. The number of fused-ring (bicyclic) bond motifs is 1. The Balaban J connectivity index is 1.53. The molecular weight excluding hydrogens is 208 g/mol. The van der Waals surface area contributed by atoms with Crippen LogP contribution in [0.2, 0.25) is 6.55 Å². The van der Waals surface area contributed by atoms with Gasteiger partial charge in [0, 0.05) is 13.2 Å². The molecule has 0 radical (unpaired) electrons. The average molecular weight is 230 g/mol. The van der Waals surface area contributed by atoms with E-state index in [0.717, 1.165) is 19.1 Å². The van der Waals surface area contributed by atoms with Crippen LogP contribution in [0, 0.1) is 5.92 Å². The summed E-state index contributed by atoms with van der Waals surface area (Å²) in [5, 5.41) is 0. The molecular formula is C11H22O3Si. The lowest BCUT2D eigenvalue weighted by atomic mass is 9.87. The molecule has 4 heteroatoms. The van der Waals surface area contributed by atoms with Gasteiger partial charge in [0.2, 0.25) is 0 Å². The van der Waals surface area contributed by atoms with Crippen LogP contribution >= 0.6 is 0 Å². The van der Waals surface area contributed by atoms with Crippen LogP contribution in [0.25, 0.3) is 0 Å². The van der Waals surface area contributed by atoms with E-state index >= 15 is 0 Å². The van der Waals surface area contributed by atoms with E-state index in [9.17, 15) is 0 Å². The zero-order valence-corrected chi connectivity index (χ0v) is 10.9. The van der Waals surface area contributed by atoms with Crippen LogP contribution in [0.3, 0.4) is 0 Å². The van der Waals surface area contributed by atoms with E-state index in [1.165, 1.54) is 25.7 Å². The Labute approximate surface area is 93.9 Å². The van der Waals surface area contributed by atoms with Crippen LogP contribution in [-0.2, 0) is 13.6 Å². The first-order chi connectivity index (χ1) is 7.29. The lowest BCUT2D eigenvalue weighted by molar-refractivity contribution is 0.189. The average Bonchev–Trinajstić information content (AvgIpc) is 2.96. The fourth-order valence-electron chi connectivity index (χ4n) is 2.43. The van der Waals surface area contributed by atoms with E-state index in [2.05, 4.69) is 6.55 Å². The van der Waals surface area contributed by atoms with Gasteiger partial charge in [-0.05, 0) is 45.1 Å². The van der Waals surface area contributed by atoms with Gasteiger partial charge in [-0.2, -0.15) is 0 Å². The molecule has 15 heavy (non-hydrogen) atoms. The van der Waals surface area contributed by atoms with Crippen molar-refractivity contribution in [1.29, 1.82) is 0 Å². The highest BCUT2D eigenvalue weighted by Crippen LogP contribution is 2.40. The van der Waals surface area contributed by atoms with Gasteiger partial charge in [-0.15, -0.1) is 0 Å². The summed E-state index contributed by atoms with van der Waals surface area (Å²) in [6.45, 7) is 5.80. The third-order valence-electron chi connectivity index (χ3n) is 3.39. The third-order valence-corrected chi connectivity index (χ3v) is 4.90. The summed E-state index contributed by atoms with van der Waals surface area (Å²) in [4.78, 5) is 0. The fraction of sp³-hybridized carbons (Fsp3) is 1.00. The summed E-state index contributed by atoms with van der Waals surface area (Å²) in [5.41, 5.74) is 0. The van der Waals surface area contributed by atoms with E-state index in [1.807, 2.05) is 6.92 Å². The highest BCUT2D eigenvalue weighted by molar-refractivity contribution is 6.42. The first-order valence-corrected chi connectivity index (χ1v) is 8.28. The van der Waals surface area contributed by atoms with Crippen molar-refractivity contribution in [2.75, 3.05) is 13.2 Å². The maximum atomic E-state index is 5.71. The predicted octanol–water partition coefficient (Wildman–Crippen LogP) is 1.85. The Morgan fingerprint density at radius 1 is 1.27 bits per heavy atom. The smallest absolute Gasteiger partial charge is 0.318 e. The third kappa shape index (κ3) is 3.55. The molecule has 0 aromatic heterocycles. The number of ether oxygens (including phenoxy) is 1. The minimum Gasteiger partial charge on any atom is -0.397 e. The molecule has 1 aliphatic carbocycles. The Morgan fingerprint density at radius 2 is 2.13 bits per heavy atom. The standard InChI is InChI=1S/C11H22O3Si/c1-3-12-15(2)13-7-6-9-4-5-10-11(8-9)14-10/h9-11,15H,3-8H2,1-2H3. The Morgan fingerprint density at radius 3 is 2.87 bits per heavy atom. The monoisotopic (exact) mass is 230 g/mol. The molecule has 0 N–H and O–H groups in total. The van der Waals surface area contributed by atoms with Gasteiger partial charge in [-0.1, -0.05) is 0 Å². The molecule has 0 aromatic carbocycles. The summed E-state index contributed by atoms with van der Waals surface area (Å²) in [6, 6.07) is 0. The topological polar surface area (TPSA) is 31.0 Å².